The van der Waals surface area contributed by atoms with E-state index in [1.807, 2.05) is 0 Å². The molecule has 0 N–H and O–H groups in total. The minimum absolute atomic E-state index is 0.0268. The standard InChI is InChI=1S/C18H12F3O4P/c19-13-1-7-16(8-2-13)23-26(22,24-17-9-3-14(20)4-10-17)25-18-11-5-15(21)6-12-18/h1-12H. The summed E-state index contributed by atoms with van der Waals surface area (Å²) in [6.45, 7) is 0. The normalized spacial score (nSPS) is 11.0. The molecule has 0 unspecified atom stereocenters. The fraction of sp³-hybridized carbons (Fsp3) is 0. The zero-order valence-electron chi connectivity index (χ0n) is 13.1. The van der Waals surface area contributed by atoms with Crippen molar-refractivity contribution >= 4 is 7.82 Å². The van der Waals surface area contributed by atoms with Crippen LogP contribution in [0.4, 0.5) is 13.2 Å². The van der Waals surface area contributed by atoms with Crippen LogP contribution < -0.4 is 13.6 Å². The highest BCUT2D eigenvalue weighted by molar-refractivity contribution is 7.49. The molecule has 0 amide bonds. The lowest BCUT2D eigenvalue weighted by molar-refractivity contribution is 0.298. The van der Waals surface area contributed by atoms with Gasteiger partial charge in [0.15, 0.2) is 0 Å². The van der Waals surface area contributed by atoms with E-state index < -0.39 is 25.3 Å². The summed E-state index contributed by atoms with van der Waals surface area (Å²) in [7, 11) is -4.30. The fourth-order valence-corrected chi connectivity index (χ4v) is 3.18. The Hall–Kier alpha value is -2.92. The molecule has 0 aromatic heterocycles. The molecule has 3 rings (SSSR count). The zero-order valence-corrected chi connectivity index (χ0v) is 14.0. The summed E-state index contributed by atoms with van der Waals surface area (Å²) in [6, 6.07) is 14.1. The molecule has 0 aliphatic rings. The van der Waals surface area contributed by atoms with Crippen molar-refractivity contribution in [3.63, 3.8) is 0 Å². The first-order valence-corrected chi connectivity index (χ1v) is 8.83. The highest BCUT2D eigenvalue weighted by Crippen LogP contribution is 2.49. The van der Waals surface area contributed by atoms with Crippen molar-refractivity contribution in [2.24, 2.45) is 0 Å². The fourth-order valence-electron chi connectivity index (χ4n) is 1.93. The van der Waals surface area contributed by atoms with Gasteiger partial charge in [0.1, 0.15) is 34.7 Å². The third kappa shape index (κ3) is 4.80. The summed E-state index contributed by atoms with van der Waals surface area (Å²) < 4.78 is 68.0. The van der Waals surface area contributed by atoms with Gasteiger partial charge in [0.05, 0.1) is 0 Å². The predicted molar refractivity (Wildman–Crippen MR) is 88.7 cm³/mol. The Balaban J connectivity index is 1.88. The summed E-state index contributed by atoms with van der Waals surface area (Å²) in [4.78, 5) is 0. The van der Waals surface area contributed by atoms with Crippen molar-refractivity contribution < 1.29 is 31.3 Å². The monoisotopic (exact) mass is 380 g/mol. The molecule has 0 aliphatic heterocycles. The number of benzene rings is 3. The van der Waals surface area contributed by atoms with E-state index in [2.05, 4.69) is 0 Å². The maximum Gasteiger partial charge on any atom is 0.647 e. The van der Waals surface area contributed by atoms with E-state index in [0.717, 1.165) is 36.4 Å². The van der Waals surface area contributed by atoms with Gasteiger partial charge < -0.3 is 13.6 Å². The topological polar surface area (TPSA) is 44.8 Å². The highest BCUT2D eigenvalue weighted by Gasteiger charge is 2.33. The average Bonchev–Trinajstić information content (AvgIpc) is 2.61. The van der Waals surface area contributed by atoms with Crippen LogP contribution in [0.2, 0.25) is 0 Å². The maximum atomic E-state index is 13.0. The van der Waals surface area contributed by atoms with E-state index in [0.29, 0.717) is 0 Å². The molecule has 26 heavy (non-hydrogen) atoms. The minimum atomic E-state index is -4.30. The Morgan fingerprint density at radius 3 is 0.962 bits per heavy atom. The van der Waals surface area contributed by atoms with Crippen LogP contribution in [0.5, 0.6) is 17.2 Å². The van der Waals surface area contributed by atoms with Crippen molar-refractivity contribution in [1.82, 2.24) is 0 Å². The Morgan fingerprint density at radius 2 is 0.731 bits per heavy atom. The van der Waals surface area contributed by atoms with E-state index in [1.54, 1.807) is 0 Å². The molecule has 8 heteroatoms. The van der Waals surface area contributed by atoms with Crippen molar-refractivity contribution in [3.8, 4) is 17.2 Å². The third-order valence-electron chi connectivity index (χ3n) is 3.09. The van der Waals surface area contributed by atoms with Gasteiger partial charge >= 0.3 is 7.82 Å². The van der Waals surface area contributed by atoms with Gasteiger partial charge in [0.25, 0.3) is 0 Å². The maximum absolute atomic E-state index is 13.0. The molecule has 0 radical (unpaired) electrons. The molecular formula is C18H12F3O4P. The molecular weight excluding hydrogens is 368 g/mol. The molecule has 3 aromatic carbocycles. The second kappa shape index (κ2) is 7.54. The van der Waals surface area contributed by atoms with Gasteiger partial charge in [-0.15, -0.1) is 0 Å². The zero-order chi connectivity index (χ0) is 18.6. The van der Waals surface area contributed by atoms with Gasteiger partial charge in [-0.25, -0.2) is 13.2 Å². The molecule has 3 aromatic rings. The lowest BCUT2D eigenvalue weighted by Gasteiger charge is -2.19. The first kappa shape index (κ1) is 17.9. The predicted octanol–water partition coefficient (Wildman–Crippen LogP) is 5.75. The van der Waals surface area contributed by atoms with Gasteiger partial charge in [0, 0.05) is 0 Å². The van der Waals surface area contributed by atoms with Crippen LogP contribution in [0.3, 0.4) is 0 Å². The molecule has 0 saturated heterocycles. The molecule has 134 valence electrons. The van der Waals surface area contributed by atoms with Gasteiger partial charge in [-0.05, 0) is 72.8 Å². The van der Waals surface area contributed by atoms with Gasteiger partial charge in [-0.2, -0.15) is 4.57 Å². The SMILES string of the molecule is O=P(Oc1ccc(F)cc1)(Oc1ccc(F)cc1)Oc1ccc(F)cc1. The lowest BCUT2D eigenvalue weighted by Crippen LogP contribution is -2.07. The first-order valence-electron chi connectivity index (χ1n) is 7.37. The summed E-state index contributed by atoms with van der Waals surface area (Å²) in [5, 5.41) is 0. The Labute approximate surface area is 147 Å². The third-order valence-corrected chi connectivity index (χ3v) is 4.40. The van der Waals surface area contributed by atoms with Crippen molar-refractivity contribution in [2.45, 2.75) is 0 Å². The number of hydrogen-bond donors (Lipinski definition) is 0. The average molecular weight is 380 g/mol. The van der Waals surface area contributed by atoms with Crippen LogP contribution in [-0.4, -0.2) is 0 Å². The Bertz CT molecular complexity index is 790. The molecule has 0 heterocycles. The van der Waals surface area contributed by atoms with Crippen LogP contribution in [-0.2, 0) is 4.57 Å². The number of halogens is 3. The van der Waals surface area contributed by atoms with Crippen molar-refractivity contribution in [2.75, 3.05) is 0 Å². The van der Waals surface area contributed by atoms with E-state index in [1.165, 1.54) is 36.4 Å². The van der Waals surface area contributed by atoms with Crippen LogP contribution in [0.1, 0.15) is 0 Å². The van der Waals surface area contributed by atoms with Crippen LogP contribution in [0, 0.1) is 17.5 Å². The van der Waals surface area contributed by atoms with E-state index in [4.69, 9.17) is 13.6 Å². The van der Waals surface area contributed by atoms with E-state index >= 15 is 0 Å². The van der Waals surface area contributed by atoms with E-state index in [9.17, 15) is 17.7 Å². The molecule has 0 atom stereocenters. The highest BCUT2D eigenvalue weighted by atomic mass is 31.2. The quantitative estimate of drug-likeness (QED) is 0.511. The first-order chi connectivity index (χ1) is 12.4. The molecule has 0 saturated carbocycles. The largest absolute Gasteiger partial charge is 0.647 e. The Kier molecular flexibility index (Phi) is 5.19. The molecule has 0 fully saturated rings. The van der Waals surface area contributed by atoms with Crippen LogP contribution in [0.15, 0.2) is 72.8 Å². The second-order valence-corrected chi connectivity index (χ2v) is 6.52. The Morgan fingerprint density at radius 1 is 0.500 bits per heavy atom. The van der Waals surface area contributed by atoms with Crippen LogP contribution >= 0.6 is 7.82 Å². The smallest absolute Gasteiger partial charge is 0.386 e. The van der Waals surface area contributed by atoms with E-state index in [-0.39, 0.29) is 17.2 Å². The molecule has 4 nitrogen and oxygen atoms in total. The van der Waals surface area contributed by atoms with Crippen molar-refractivity contribution in [1.29, 1.82) is 0 Å². The summed E-state index contributed by atoms with van der Waals surface area (Å²) >= 11 is 0. The lowest BCUT2D eigenvalue weighted by atomic mass is 10.3. The van der Waals surface area contributed by atoms with Crippen LogP contribution in [0.25, 0.3) is 0 Å². The number of hydrogen-bond acceptors (Lipinski definition) is 4. The van der Waals surface area contributed by atoms with Gasteiger partial charge in [-0.1, -0.05) is 0 Å². The molecule has 0 aliphatic carbocycles. The number of rotatable bonds is 6. The van der Waals surface area contributed by atoms with Gasteiger partial charge in [-0.3, -0.25) is 0 Å². The molecule has 0 bridgehead atoms. The number of phosphoric ester groups is 1. The minimum Gasteiger partial charge on any atom is -0.386 e. The second-order valence-electron chi connectivity index (χ2n) is 5.08. The van der Waals surface area contributed by atoms with Gasteiger partial charge in [0.2, 0.25) is 0 Å². The summed E-state index contributed by atoms with van der Waals surface area (Å²) in [5.74, 6) is -1.44. The summed E-state index contributed by atoms with van der Waals surface area (Å²) in [5.41, 5.74) is 0. The number of phosphoric acid groups is 1. The summed E-state index contributed by atoms with van der Waals surface area (Å²) in [6.07, 6.45) is 0. The molecule has 0 spiro atoms. The van der Waals surface area contributed by atoms with Crippen molar-refractivity contribution in [3.05, 3.63) is 90.2 Å².